The molecule has 0 aromatic heterocycles. The third-order valence-electron chi connectivity index (χ3n) is 6.21. The molecule has 2 atom stereocenters. The zero-order valence-electron chi connectivity index (χ0n) is 16.7. The van der Waals surface area contributed by atoms with Crippen LogP contribution >= 0.6 is 24.8 Å². The van der Waals surface area contributed by atoms with Gasteiger partial charge in [0.05, 0.1) is 12.0 Å². The standard InChI is InChI=1S/C21H29N3O2.2ClH/c1-15-5-6-17-18(11-15)20(25)12-19(17)21(26)24-10-9-22(2)13-16(24)14-23-7-3-4-8-23;;/h5-6,11,16,19H,3-4,7-10,12-14H2,1-2H3;2*1H. The molecule has 0 saturated carbocycles. The van der Waals surface area contributed by atoms with E-state index in [9.17, 15) is 9.59 Å². The van der Waals surface area contributed by atoms with Crippen molar-refractivity contribution >= 4 is 36.5 Å². The molecule has 156 valence electrons. The van der Waals surface area contributed by atoms with Gasteiger partial charge >= 0.3 is 0 Å². The fourth-order valence-corrected chi connectivity index (χ4v) is 4.76. The first-order chi connectivity index (χ1) is 12.5. The van der Waals surface area contributed by atoms with Gasteiger partial charge in [-0.2, -0.15) is 0 Å². The molecule has 28 heavy (non-hydrogen) atoms. The van der Waals surface area contributed by atoms with Crippen LogP contribution in [0.1, 0.15) is 46.7 Å². The summed E-state index contributed by atoms with van der Waals surface area (Å²) in [5.74, 6) is -0.0203. The third kappa shape index (κ3) is 4.54. The second-order valence-electron chi connectivity index (χ2n) is 8.23. The molecule has 1 amide bonds. The number of benzene rings is 1. The summed E-state index contributed by atoms with van der Waals surface area (Å²) in [6.45, 7) is 7.83. The highest BCUT2D eigenvalue weighted by molar-refractivity contribution is 6.06. The molecular formula is C21H31Cl2N3O2. The van der Waals surface area contributed by atoms with Gasteiger partial charge in [0.2, 0.25) is 5.91 Å². The first-order valence-electron chi connectivity index (χ1n) is 9.88. The van der Waals surface area contributed by atoms with Gasteiger partial charge in [-0.25, -0.2) is 0 Å². The van der Waals surface area contributed by atoms with Crippen molar-refractivity contribution in [2.24, 2.45) is 0 Å². The normalized spacial score (nSPS) is 25.2. The van der Waals surface area contributed by atoms with Gasteiger partial charge in [0.15, 0.2) is 5.78 Å². The van der Waals surface area contributed by atoms with Gasteiger partial charge < -0.3 is 14.7 Å². The SMILES string of the molecule is Cc1ccc2c(c1)C(=O)CC2C(=O)N1CCN(C)CC1CN1CCCC1.Cl.Cl. The summed E-state index contributed by atoms with van der Waals surface area (Å²) < 4.78 is 0. The van der Waals surface area contributed by atoms with Crippen molar-refractivity contribution in [1.29, 1.82) is 0 Å². The number of aryl methyl sites for hydroxylation is 1. The summed E-state index contributed by atoms with van der Waals surface area (Å²) in [5.41, 5.74) is 2.77. The first-order valence-corrected chi connectivity index (χ1v) is 9.88. The molecule has 1 aromatic carbocycles. The van der Waals surface area contributed by atoms with Crippen molar-refractivity contribution in [3.8, 4) is 0 Å². The summed E-state index contributed by atoms with van der Waals surface area (Å²) >= 11 is 0. The van der Waals surface area contributed by atoms with Crippen molar-refractivity contribution in [2.75, 3.05) is 46.3 Å². The number of Topliss-reactive ketones (excluding diaryl/α,β-unsaturated/α-hetero) is 1. The molecule has 2 heterocycles. The number of hydrogen-bond acceptors (Lipinski definition) is 4. The highest BCUT2D eigenvalue weighted by atomic mass is 35.5. The zero-order valence-corrected chi connectivity index (χ0v) is 18.4. The maximum Gasteiger partial charge on any atom is 0.230 e. The number of likely N-dealkylation sites (N-methyl/N-ethyl adjacent to an activating group) is 1. The molecule has 3 aliphatic rings. The van der Waals surface area contributed by atoms with Crippen molar-refractivity contribution < 1.29 is 9.59 Å². The van der Waals surface area contributed by atoms with E-state index >= 15 is 0 Å². The third-order valence-corrected chi connectivity index (χ3v) is 6.21. The molecule has 4 rings (SSSR count). The number of fused-ring (bicyclic) bond motifs is 1. The van der Waals surface area contributed by atoms with E-state index in [1.54, 1.807) is 0 Å². The van der Waals surface area contributed by atoms with Crippen molar-refractivity contribution in [2.45, 2.75) is 38.1 Å². The van der Waals surface area contributed by atoms with E-state index in [-0.39, 0.29) is 48.5 Å². The van der Waals surface area contributed by atoms with Crippen molar-refractivity contribution in [3.05, 3.63) is 34.9 Å². The number of amides is 1. The Bertz CT molecular complexity index is 722. The molecule has 2 aliphatic heterocycles. The lowest BCUT2D eigenvalue weighted by atomic mass is 9.97. The Morgan fingerprint density at radius 2 is 1.82 bits per heavy atom. The van der Waals surface area contributed by atoms with Crippen LogP contribution in [0.5, 0.6) is 0 Å². The van der Waals surface area contributed by atoms with E-state index in [1.165, 1.54) is 12.8 Å². The monoisotopic (exact) mass is 427 g/mol. The van der Waals surface area contributed by atoms with Crippen LogP contribution in [0.2, 0.25) is 0 Å². The van der Waals surface area contributed by atoms with E-state index in [0.717, 1.165) is 56.0 Å². The Labute approximate surface area is 180 Å². The minimum absolute atomic E-state index is 0. The summed E-state index contributed by atoms with van der Waals surface area (Å²) in [7, 11) is 2.13. The average Bonchev–Trinajstić information content (AvgIpc) is 3.23. The molecule has 7 heteroatoms. The maximum absolute atomic E-state index is 13.4. The smallest absolute Gasteiger partial charge is 0.230 e. The average molecular weight is 428 g/mol. The Kier molecular flexibility index (Phi) is 7.91. The fourth-order valence-electron chi connectivity index (χ4n) is 4.76. The van der Waals surface area contributed by atoms with Crippen molar-refractivity contribution in [3.63, 3.8) is 0 Å². The van der Waals surface area contributed by atoms with Crippen LogP contribution in [-0.4, -0.2) is 78.7 Å². The lowest BCUT2D eigenvalue weighted by molar-refractivity contribution is -0.138. The molecule has 0 spiro atoms. The van der Waals surface area contributed by atoms with E-state index in [0.29, 0.717) is 6.42 Å². The summed E-state index contributed by atoms with van der Waals surface area (Å²) in [4.78, 5) is 32.7. The zero-order chi connectivity index (χ0) is 18.3. The number of piperazine rings is 1. The molecule has 0 radical (unpaired) electrons. The molecule has 2 unspecified atom stereocenters. The molecule has 0 bridgehead atoms. The minimum atomic E-state index is -0.289. The molecule has 5 nitrogen and oxygen atoms in total. The molecule has 2 fully saturated rings. The predicted molar refractivity (Wildman–Crippen MR) is 116 cm³/mol. The molecule has 0 N–H and O–H groups in total. The lowest BCUT2D eigenvalue weighted by Crippen LogP contribution is -2.58. The highest BCUT2D eigenvalue weighted by Crippen LogP contribution is 2.35. The van der Waals surface area contributed by atoms with Gasteiger partial charge in [0.25, 0.3) is 0 Å². The second-order valence-corrected chi connectivity index (χ2v) is 8.23. The molecule has 2 saturated heterocycles. The molecule has 1 aromatic rings. The van der Waals surface area contributed by atoms with Gasteiger partial charge in [0.1, 0.15) is 0 Å². The number of rotatable bonds is 3. The lowest BCUT2D eigenvalue weighted by Gasteiger charge is -2.42. The van der Waals surface area contributed by atoms with Gasteiger partial charge in [-0.1, -0.05) is 17.7 Å². The van der Waals surface area contributed by atoms with E-state index in [1.807, 2.05) is 25.1 Å². The Balaban J connectivity index is 0.00000140. The second kappa shape index (κ2) is 9.57. The van der Waals surface area contributed by atoms with Crippen molar-refractivity contribution in [1.82, 2.24) is 14.7 Å². The Hall–Kier alpha value is -1.14. The van der Waals surface area contributed by atoms with Gasteiger partial charge in [-0.15, -0.1) is 24.8 Å². The van der Waals surface area contributed by atoms with Crippen LogP contribution in [0.15, 0.2) is 18.2 Å². The van der Waals surface area contributed by atoms with E-state index in [4.69, 9.17) is 0 Å². The summed E-state index contributed by atoms with van der Waals surface area (Å²) in [5, 5.41) is 0. The number of likely N-dealkylation sites (tertiary alicyclic amines) is 1. The first kappa shape index (κ1) is 23.1. The van der Waals surface area contributed by atoms with Crippen LogP contribution in [0.4, 0.5) is 0 Å². The number of hydrogen-bond donors (Lipinski definition) is 0. The van der Waals surface area contributed by atoms with Gasteiger partial charge in [-0.05, 0) is 51.5 Å². The summed E-state index contributed by atoms with van der Waals surface area (Å²) in [6, 6.07) is 6.17. The number of nitrogens with zero attached hydrogens (tertiary/aromatic N) is 3. The van der Waals surface area contributed by atoms with Crippen LogP contribution in [-0.2, 0) is 4.79 Å². The predicted octanol–water partition coefficient (Wildman–Crippen LogP) is 2.75. The maximum atomic E-state index is 13.4. The quantitative estimate of drug-likeness (QED) is 0.743. The van der Waals surface area contributed by atoms with Crippen LogP contribution in [0.3, 0.4) is 0 Å². The molecular weight excluding hydrogens is 397 g/mol. The topological polar surface area (TPSA) is 43.9 Å². The van der Waals surface area contributed by atoms with Crippen LogP contribution < -0.4 is 0 Å². The number of halogens is 2. The van der Waals surface area contributed by atoms with E-state index in [2.05, 4.69) is 21.7 Å². The van der Waals surface area contributed by atoms with Crippen LogP contribution in [0.25, 0.3) is 0 Å². The fraction of sp³-hybridized carbons (Fsp3) is 0.619. The minimum Gasteiger partial charge on any atom is -0.335 e. The number of carbonyl (C=O) groups is 2. The molecule has 1 aliphatic carbocycles. The van der Waals surface area contributed by atoms with E-state index < -0.39 is 0 Å². The van der Waals surface area contributed by atoms with Gasteiger partial charge in [0, 0.05) is 38.2 Å². The Morgan fingerprint density at radius 3 is 2.54 bits per heavy atom. The number of carbonyl (C=O) groups excluding carboxylic acids is 2. The Morgan fingerprint density at radius 1 is 1.11 bits per heavy atom. The van der Waals surface area contributed by atoms with Gasteiger partial charge in [-0.3, -0.25) is 9.59 Å². The number of ketones is 1. The van der Waals surface area contributed by atoms with Crippen LogP contribution in [0, 0.1) is 6.92 Å². The summed E-state index contributed by atoms with van der Waals surface area (Å²) in [6.07, 6.45) is 2.86. The highest BCUT2D eigenvalue weighted by Gasteiger charge is 2.40. The largest absolute Gasteiger partial charge is 0.335 e.